The standard InChI is InChI=1S/C22H17N7O3S2/c1-28-17-8-3-2-7-16(17)19-20(28)25-22(27-26-19)33-12-18(30)24-21-23-11-15(34-21)10-13-5-4-6-14(9-13)29(31)32/h2-9,11H,10,12H2,1H3,(H,23,24,30). The Morgan fingerprint density at radius 1 is 1.21 bits per heavy atom. The van der Waals surface area contributed by atoms with Crippen molar-refractivity contribution in [3.05, 3.63) is 75.3 Å². The van der Waals surface area contributed by atoms with Gasteiger partial charge < -0.3 is 9.88 Å². The van der Waals surface area contributed by atoms with Gasteiger partial charge >= 0.3 is 0 Å². The topological polar surface area (TPSA) is 129 Å². The van der Waals surface area contributed by atoms with Crippen LogP contribution in [0.3, 0.4) is 0 Å². The van der Waals surface area contributed by atoms with Gasteiger partial charge in [0.1, 0.15) is 5.52 Å². The molecule has 0 radical (unpaired) electrons. The molecule has 5 aromatic rings. The Bertz CT molecular complexity index is 1550. The number of hydrogen-bond donors (Lipinski definition) is 1. The van der Waals surface area contributed by atoms with Crippen molar-refractivity contribution in [3.63, 3.8) is 0 Å². The summed E-state index contributed by atoms with van der Waals surface area (Å²) in [6.45, 7) is 0. The molecule has 1 N–H and O–H groups in total. The number of nitrogens with zero attached hydrogens (tertiary/aromatic N) is 6. The number of hydrogen-bond acceptors (Lipinski definition) is 9. The zero-order valence-electron chi connectivity index (χ0n) is 17.8. The van der Waals surface area contributed by atoms with Crippen LogP contribution in [-0.2, 0) is 18.3 Å². The fourth-order valence-electron chi connectivity index (χ4n) is 3.57. The maximum atomic E-state index is 12.4. The van der Waals surface area contributed by atoms with Crippen molar-refractivity contribution in [3.8, 4) is 0 Å². The van der Waals surface area contributed by atoms with Crippen LogP contribution in [0.5, 0.6) is 0 Å². The monoisotopic (exact) mass is 491 g/mol. The second-order valence-electron chi connectivity index (χ2n) is 7.42. The van der Waals surface area contributed by atoms with E-state index in [0.29, 0.717) is 22.4 Å². The van der Waals surface area contributed by atoms with E-state index in [1.54, 1.807) is 12.3 Å². The highest BCUT2D eigenvalue weighted by molar-refractivity contribution is 7.99. The summed E-state index contributed by atoms with van der Waals surface area (Å²) in [7, 11) is 1.92. The summed E-state index contributed by atoms with van der Waals surface area (Å²) >= 11 is 2.53. The molecule has 0 saturated heterocycles. The fourth-order valence-corrected chi connectivity index (χ4v) is 5.01. The lowest BCUT2D eigenvalue weighted by Gasteiger charge is -2.02. The fraction of sp³-hybridized carbons (Fsp3) is 0.136. The van der Waals surface area contributed by atoms with Crippen molar-refractivity contribution in [2.75, 3.05) is 11.1 Å². The predicted octanol–water partition coefficient (Wildman–Crippen LogP) is 4.20. The highest BCUT2D eigenvalue weighted by Crippen LogP contribution is 2.26. The molecular weight excluding hydrogens is 474 g/mol. The summed E-state index contributed by atoms with van der Waals surface area (Å²) in [6.07, 6.45) is 2.15. The number of nitro groups is 1. The van der Waals surface area contributed by atoms with E-state index in [1.165, 1.54) is 35.2 Å². The average molecular weight is 492 g/mol. The van der Waals surface area contributed by atoms with Crippen LogP contribution in [0.1, 0.15) is 10.4 Å². The average Bonchev–Trinajstić information content (AvgIpc) is 3.39. The summed E-state index contributed by atoms with van der Waals surface area (Å²) in [5, 5.41) is 24.1. The molecule has 10 nitrogen and oxygen atoms in total. The Hall–Kier alpha value is -3.90. The number of benzene rings is 2. The Labute approximate surface area is 201 Å². The molecular formula is C22H17N7O3S2. The lowest BCUT2D eigenvalue weighted by Crippen LogP contribution is -2.14. The summed E-state index contributed by atoms with van der Waals surface area (Å²) in [4.78, 5) is 32.6. The molecule has 0 bridgehead atoms. The molecule has 0 unspecified atom stereocenters. The van der Waals surface area contributed by atoms with Crippen molar-refractivity contribution < 1.29 is 9.72 Å². The number of rotatable bonds is 7. The van der Waals surface area contributed by atoms with Gasteiger partial charge in [-0.05, 0) is 11.6 Å². The van der Waals surface area contributed by atoms with Crippen molar-refractivity contribution in [2.24, 2.45) is 7.05 Å². The minimum Gasteiger partial charge on any atom is -0.327 e. The van der Waals surface area contributed by atoms with Crippen molar-refractivity contribution in [2.45, 2.75) is 11.6 Å². The number of thioether (sulfide) groups is 1. The van der Waals surface area contributed by atoms with E-state index < -0.39 is 4.92 Å². The summed E-state index contributed by atoms with van der Waals surface area (Å²) in [5.74, 6) is -0.126. The van der Waals surface area contributed by atoms with E-state index in [-0.39, 0.29) is 17.3 Å². The number of carbonyl (C=O) groups is 1. The maximum absolute atomic E-state index is 12.4. The number of amides is 1. The number of fused-ring (bicyclic) bond motifs is 3. The van der Waals surface area contributed by atoms with Gasteiger partial charge in [0.2, 0.25) is 11.1 Å². The molecule has 0 aliphatic rings. The van der Waals surface area contributed by atoms with Crippen LogP contribution < -0.4 is 5.32 Å². The lowest BCUT2D eigenvalue weighted by atomic mass is 10.1. The highest BCUT2D eigenvalue weighted by atomic mass is 32.2. The number of anilines is 1. The zero-order chi connectivity index (χ0) is 23.7. The highest BCUT2D eigenvalue weighted by Gasteiger charge is 2.14. The van der Waals surface area contributed by atoms with Gasteiger partial charge in [-0.2, -0.15) is 0 Å². The molecule has 0 aliphatic carbocycles. The van der Waals surface area contributed by atoms with Crippen LogP contribution in [0.25, 0.3) is 22.1 Å². The minimum absolute atomic E-state index is 0.0471. The van der Waals surface area contributed by atoms with Crippen LogP contribution in [0.2, 0.25) is 0 Å². The zero-order valence-corrected chi connectivity index (χ0v) is 19.5. The van der Waals surface area contributed by atoms with Gasteiger partial charge in [-0.3, -0.25) is 14.9 Å². The van der Waals surface area contributed by atoms with Gasteiger partial charge in [0.05, 0.1) is 16.2 Å². The Morgan fingerprint density at radius 3 is 2.91 bits per heavy atom. The number of nitro benzene ring substituents is 1. The van der Waals surface area contributed by atoms with E-state index in [4.69, 9.17) is 0 Å². The SMILES string of the molecule is Cn1c2ccccc2c2nnc(SCC(=O)Nc3ncc(Cc4cccc([N+](=O)[O-])c4)s3)nc21. The normalized spacial score (nSPS) is 11.2. The first kappa shape index (κ1) is 21.9. The third kappa shape index (κ3) is 4.45. The first-order valence-electron chi connectivity index (χ1n) is 10.2. The molecule has 5 rings (SSSR count). The maximum Gasteiger partial charge on any atom is 0.269 e. The number of aryl methyl sites for hydroxylation is 1. The van der Waals surface area contributed by atoms with Gasteiger partial charge in [-0.1, -0.05) is 42.1 Å². The molecule has 0 atom stereocenters. The summed E-state index contributed by atoms with van der Waals surface area (Å²) in [6, 6.07) is 14.4. The van der Waals surface area contributed by atoms with Crippen LogP contribution in [0, 0.1) is 10.1 Å². The molecule has 0 saturated carbocycles. The number of para-hydroxylation sites is 1. The van der Waals surface area contributed by atoms with Crippen LogP contribution >= 0.6 is 23.1 Å². The van der Waals surface area contributed by atoms with Gasteiger partial charge in [0.25, 0.3) is 5.69 Å². The minimum atomic E-state index is -0.420. The van der Waals surface area contributed by atoms with E-state index >= 15 is 0 Å². The number of thiazole rings is 1. The van der Waals surface area contributed by atoms with Gasteiger partial charge in [0, 0.05) is 42.1 Å². The first-order chi connectivity index (χ1) is 16.5. The molecule has 3 heterocycles. The quantitative estimate of drug-likeness (QED) is 0.204. The number of nitrogens with one attached hydrogen (secondary N) is 1. The molecule has 170 valence electrons. The second kappa shape index (κ2) is 9.15. The van der Waals surface area contributed by atoms with Crippen LogP contribution in [0.4, 0.5) is 10.8 Å². The molecule has 0 fully saturated rings. The third-order valence-corrected chi connectivity index (χ3v) is 6.87. The van der Waals surface area contributed by atoms with Crippen molar-refractivity contribution >= 4 is 61.9 Å². The van der Waals surface area contributed by atoms with Crippen molar-refractivity contribution in [1.82, 2.24) is 24.7 Å². The van der Waals surface area contributed by atoms with E-state index in [9.17, 15) is 14.9 Å². The molecule has 0 aliphatic heterocycles. The predicted molar refractivity (Wildman–Crippen MR) is 131 cm³/mol. The van der Waals surface area contributed by atoms with E-state index in [1.807, 2.05) is 41.9 Å². The van der Waals surface area contributed by atoms with Crippen LogP contribution in [-0.4, -0.2) is 41.3 Å². The van der Waals surface area contributed by atoms with E-state index in [0.717, 1.165) is 26.9 Å². The molecule has 2 aromatic carbocycles. The first-order valence-corrected chi connectivity index (χ1v) is 12.0. The second-order valence-corrected chi connectivity index (χ2v) is 9.47. The summed E-state index contributed by atoms with van der Waals surface area (Å²) in [5.41, 5.74) is 3.31. The Kier molecular flexibility index (Phi) is 5.90. The number of non-ortho nitro benzene ring substituents is 1. The molecule has 1 amide bonds. The Balaban J connectivity index is 1.21. The van der Waals surface area contributed by atoms with Crippen molar-refractivity contribution in [1.29, 1.82) is 0 Å². The molecule has 3 aromatic heterocycles. The lowest BCUT2D eigenvalue weighted by molar-refractivity contribution is -0.384. The number of carbonyl (C=O) groups excluding carboxylic acids is 1. The number of aromatic nitrogens is 5. The summed E-state index contributed by atoms with van der Waals surface area (Å²) < 4.78 is 1.96. The third-order valence-electron chi connectivity index (χ3n) is 5.12. The van der Waals surface area contributed by atoms with E-state index in [2.05, 4.69) is 25.5 Å². The molecule has 0 spiro atoms. The Morgan fingerprint density at radius 2 is 2.06 bits per heavy atom. The van der Waals surface area contributed by atoms with Gasteiger partial charge in [-0.25, -0.2) is 9.97 Å². The largest absolute Gasteiger partial charge is 0.327 e. The molecule has 12 heteroatoms. The molecule has 34 heavy (non-hydrogen) atoms. The van der Waals surface area contributed by atoms with Crippen LogP contribution in [0.15, 0.2) is 59.9 Å². The smallest absolute Gasteiger partial charge is 0.269 e. The van der Waals surface area contributed by atoms with Gasteiger partial charge in [0.15, 0.2) is 10.8 Å². The van der Waals surface area contributed by atoms with Gasteiger partial charge in [-0.15, -0.1) is 21.5 Å².